The number of ether oxygens (including phenoxy) is 2. The number of amides is 2. The maximum absolute atomic E-state index is 12.3. The smallest absolute Gasteiger partial charge is 0.275 e. The molecule has 0 unspecified atom stereocenters. The largest absolute Gasteiger partial charge is 0.497 e. The van der Waals surface area contributed by atoms with E-state index in [4.69, 9.17) is 9.47 Å². The first kappa shape index (κ1) is 18.9. The number of nitrogens with one attached hydrogen (secondary N) is 2. The summed E-state index contributed by atoms with van der Waals surface area (Å²) in [4.78, 5) is 28.1. The first-order valence-electron chi connectivity index (χ1n) is 7.79. The predicted octanol–water partition coefficient (Wildman–Crippen LogP) is 2.23. The summed E-state index contributed by atoms with van der Waals surface area (Å²) in [6.45, 7) is 1.65. The second kappa shape index (κ2) is 9.16. The van der Waals surface area contributed by atoms with Gasteiger partial charge >= 0.3 is 0 Å². The summed E-state index contributed by atoms with van der Waals surface area (Å²) in [5, 5.41) is 6.65. The first-order valence-corrected chi connectivity index (χ1v) is 7.79. The van der Waals surface area contributed by atoms with Crippen LogP contribution < -0.4 is 20.2 Å². The number of carbonyl (C=O) groups excluding carboxylic acids is 2. The van der Waals surface area contributed by atoms with Gasteiger partial charge in [-0.25, -0.2) is 5.43 Å². The van der Waals surface area contributed by atoms with Crippen molar-refractivity contribution in [3.05, 3.63) is 48.3 Å². The van der Waals surface area contributed by atoms with Crippen molar-refractivity contribution in [2.45, 2.75) is 13.3 Å². The van der Waals surface area contributed by atoms with Gasteiger partial charge < -0.3 is 14.8 Å². The van der Waals surface area contributed by atoms with Gasteiger partial charge in [-0.15, -0.1) is 0 Å². The molecule has 2 amide bonds. The number of hydrogen-bond acceptors (Lipinski definition) is 6. The number of hydrogen-bond donors (Lipinski definition) is 2. The van der Waals surface area contributed by atoms with Crippen LogP contribution >= 0.6 is 0 Å². The lowest BCUT2D eigenvalue weighted by Gasteiger charge is -2.09. The molecular weight excluding hydrogens is 336 g/mol. The molecule has 0 saturated heterocycles. The number of nitrogens with zero attached hydrogens (tertiary/aromatic N) is 2. The summed E-state index contributed by atoms with van der Waals surface area (Å²) in [7, 11) is 2.99. The van der Waals surface area contributed by atoms with Gasteiger partial charge in [0.1, 0.15) is 11.5 Å². The molecule has 26 heavy (non-hydrogen) atoms. The van der Waals surface area contributed by atoms with E-state index in [1.54, 1.807) is 49.6 Å². The minimum absolute atomic E-state index is 0.0366. The monoisotopic (exact) mass is 356 g/mol. The Kier molecular flexibility index (Phi) is 6.67. The topological polar surface area (TPSA) is 102 Å². The van der Waals surface area contributed by atoms with Crippen molar-refractivity contribution in [1.29, 1.82) is 0 Å². The summed E-state index contributed by atoms with van der Waals surface area (Å²) in [6.07, 6.45) is 3.20. The van der Waals surface area contributed by atoms with Crippen LogP contribution in [0.4, 0.5) is 5.69 Å². The first-order chi connectivity index (χ1) is 12.5. The van der Waals surface area contributed by atoms with Gasteiger partial charge in [0.05, 0.1) is 38.1 Å². The molecule has 0 atom stereocenters. The second-order valence-electron chi connectivity index (χ2n) is 5.32. The van der Waals surface area contributed by atoms with Crippen LogP contribution in [0.5, 0.6) is 11.5 Å². The number of pyridine rings is 1. The average molecular weight is 356 g/mol. The van der Waals surface area contributed by atoms with E-state index in [0.29, 0.717) is 28.5 Å². The molecule has 0 fully saturated rings. The number of carbonyl (C=O) groups is 2. The molecule has 8 heteroatoms. The van der Waals surface area contributed by atoms with Gasteiger partial charge in [0, 0.05) is 18.0 Å². The molecular formula is C18H20N4O4. The Hall–Kier alpha value is -3.42. The van der Waals surface area contributed by atoms with Crippen molar-refractivity contribution < 1.29 is 19.1 Å². The number of aromatic nitrogens is 1. The van der Waals surface area contributed by atoms with Crippen molar-refractivity contribution in [2.75, 3.05) is 19.5 Å². The third kappa shape index (κ3) is 5.30. The van der Waals surface area contributed by atoms with E-state index >= 15 is 0 Å². The molecule has 0 radical (unpaired) electrons. The quantitative estimate of drug-likeness (QED) is 0.585. The van der Waals surface area contributed by atoms with Crippen LogP contribution in [0, 0.1) is 0 Å². The summed E-state index contributed by atoms with van der Waals surface area (Å²) in [6, 6.07) is 8.28. The van der Waals surface area contributed by atoms with Crippen molar-refractivity contribution in [1.82, 2.24) is 10.4 Å². The van der Waals surface area contributed by atoms with Gasteiger partial charge in [-0.2, -0.15) is 5.10 Å². The van der Waals surface area contributed by atoms with Crippen molar-refractivity contribution >= 4 is 23.2 Å². The fraction of sp³-hybridized carbons (Fsp3) is 0.222. The van der Waals surface area contributed by atoms with Crippen molar-refractivity contribution in [3.8, 4) is 11.5 Å². The molecule has 1 aromatic carbocycles. The Morgan fingerprint density at radius 3 is 2.65 bits per heavy atom. The molecule has 8 nitrogen and oxygen atoms in total. The van der Waals surface area contributed by atoms with E-state index in [0.717, 1.165) is 0 Å². The molecule has 1 aromatic heterocycles. The van der Waals surface area contributed by atoms with Crippen molar-refractivity contribution in [3.63, 3.8) is 0 Å². The Bertz CT molecular complexity index is 806. The van der Waals surface area contributed by atoms with Crippen LogP contribution in [-0.2, 0) is 4.79 Å². The number of anilines is 1. The summed E-state index contributed by atoms with van der Waals surface area (Å²) in [5.74, 6) is 0.237. The van der Waals surface area contributed by atoms with Gasteiger partial charge in [0.25, 0.3) is 5.91 Å². The molecule has 1 heterocycles. The normalized spacial score (nSPS) is 10.8. The van der Waals surface area contributed by atoms with E-state index in [-0.39, 0.29) is 12.3 Å². The molecule has 0 aliphatic heterocycles. The van der Waals surface area contributed by atoms with E-state index in [9.17, 15) is 9.59 Å². The number of methoxy groups -OCH3 is 2. The van der Waals surface area contributed by atoms with Crippen LogP contribution in [0.1, 0.15) is 23.7 Å². The lowest BCUT2D eigenvalue weighted by Crippen LogP contribution is -2.22. The van der Waals surface area contributed by atoms with Gasteiger partial charge in [-0.3, -0.25) is 14.6 Å². The Morgan fingerprint density at radius 2 is 2.00 bits per heavy atom. The molecule has 2 N–H and O–H groups in total. The number of benzene rings is 1. The summed E-state index contributed by atoms with van der Waals surface area (Å²) in [5.41, 5.74) is 3.77. The molecule has 0 saturated carbocycles. The van der Waals surface area contributed by atoms with Crippen LogP contribution in [0.15, 0.2) is 47.8 Å². The molecule has 2 aromatic rings. The Morgan fingerprint density at radius 1 is 1.19 bits per heavy atom. The predicted molar refractivity (Wildman–Crippen MR) is 97.6 cm³/mol. The second-order valence-corrected chi connectivity index (χ2v) is 5.32. The van der Waals surface area contributed by atoms with E-state index < -0.39 is 5.91 Å². The van der Waals surface area contributed by atoms with Gasteiger partial charge in [0.2, 0.25) is 5.91 Å². The zero-order valence-corrected chi connectivity index (χ0v) is 14.8. The highest BCUT2D eigenvalue weighted by Crippen LogP contribution is 2.24. The van der Waals surface area contributed by atoms with Crippen molar-refractivity contribution in [2.24, 2.45) is 5.10 Å². The van der Waals surface area contributed by atoms with Crippen LogP contribution in [0.3, 0.4) is 0 Å². The maximum Gasteiger partial charge on any atom is 0.275 e. The maximum atomic E-state index is 12.3. The molecule has 136 valence electrons. The molecule has 0 aliphatic carbocycles. The summed E-state index contributed by atoms with van der Waals surface area (Å²) < 4.78 is 10.3. The third-order valence-electron chi connectivity index (χ3n) is 3.36. The van der Waals surface area contributed by atoms with Crippen LogP contribution in [0.2, 0.25) is 0 Å². The third-order valence-corrected chi connectivity index (χ3v) is 3.36. The summed E-state index contributed by atoms with van der Waals surface area (Å²) >= 11 is 0. The molecule has 2 rings (SSSR count). The van der Waals surface area contributed by atoms with Gasteiger partial charge in [0.15, 0.2) is 0 Å². The highest BCUT2D eigenvalue weighted by Gasteiger charge is 2.13. The Balaban J connectivity index is 1.95. The average Bonchev–Trinajstić information content (AvgIpc) is 2.66. The zero-order valence-electron chi connectivity index (χ0n) is 14.8. The van der Waals surface area contributed by atoms with E-state index in [1.807, 2.05) is 0 Å². The van der Waals surface area contributed by atoms with Crippen LogP contribution in [-0.4, -0.2) is 36.7 Å². The highest BCUT2D eigenvalue weighted by atomic mass is 16.5. The number of rotatable bonds is 7. The SMILES string of the molecule is COc1ccc(C(=O)NN=C(C)CC(=O)Nc2cccnc2)c(OC)c1. The fourth-order valence-electron chi connectivity index (χ4n) is 2.11. The van der Waals surface area contributed by atoms with Gasteiger partial charge in [-0.05, 0) is 31.2 Å². The highest BCUT2D eigenvalue weighted by molar-refractivity contribution is 6.06. The zero-order chi connectivity index (χ0) is 18.9. The van der Waals surface area contributed by atoms with Gasteiger partial charge in [-0.1, -0.05) is 0 Å². The lowest BCUT2D eigenvalue weighted by atomic mass is 10.2. The van der Waals surface area contributed by atoms with Crippen LogP contribution in [0.25, 0.3) is 0 Å². The standard InChI is InChI=1S/C18H20N4O4/c1-12(9-17(23)20-13-5-4-8-19-11-13)21-22-18(24)15-7-6-14(25-2)10-16(15)26-3/h4-8,10-11H,9H2,1-3H3,(H,20,23)(H,22,24). The lowest BCUT2D eigenvalue weighted by molar-refractivity contribution is -0.115. The minimum atomic E-state index is -0.448. The fourth-order valence-corrected chi connectivity index (χ4v) is 2.11. The Labute approximate surface area is 151 Å². The van der Waals surface area contributed by atoms with E-state index in [2.05, 4.69) is 20.8 Å². The van der Waals surface area contributed by atoms with E-state index in [1.165, 1.54) is 14.2 Å². The molecule has 0 bridgehead atoms. The molecule has 0 spiro atoms. The number of hydrazone groups is 1. The minimum Gasteiger partial charge on any atom is -0.497 e. The molecule has 0 aliphatic rings.